The number of carbonyl (C=O) groups is 1. The number of pyridine rings is 1. The molecule has 0 spiro atoms. The monoisotopic (exact) mass is 319 g/mol. The largest absolute Gasteiger partial charge is 0.497 e. The van der Waals surface area contributed by atoms with Gasteiger partial charge in [0.05, 0.1) is 18.2 Å². The lowest BCUT2D eigenvalue weighted by molar-refractivity contribution is 0.0773. The molecule has 1 aromatic carbocycles. The van der Waals surface area contributed by atoms with Gasteiger partial charge in [-0.2, -0.15) is 0 Å². The molecule has 0 saturated carbocycles. The summed E-state index contributed by atoms with van der Waals surface area (Å²) in [5.41, 5.74) is 1.28. The quantitative estimate of drug-likeness (QED) is 0.914. The van der Waals surface area contributed by atoms with Crippen LogP contribution in [0.4, 0.5) is 0 Å². The highest BCUT2D eigenvalue weighted by atomic mass is 32.2. The summed E-state index contributed by atoms with van der Waals surface area (Å²) >= 11 is 0. The number of hydrogen-bond donors (Lipinski definition) is 1. The Hall–Kier alpha value is -2.15. The number of hydrogen-bond acceptors (Lipinski definition) is 5. The first-order valence-corrected chi connectivity index (χ1v) is 8.86. The van der Waals surface area contributed by atoms with E-state index in [9.17, 15) is 9.00 Å². The van der Waals surface area contributed by atoms with Gasteiger partial charge in [0.1, 0.15) is 5.75 Å². The molecule has 1 aromatic heterocycles. The van der Waals surface area contributed by atoms with Crippen molar-refractivity contribution < 1.29 is 13.7 Å². The Labute approximate surface area is 129 Å². The highest BCUT2D eigenvalue weighted by Crippen LogP contribution is 2.23. The SMILES string of the molecule is COc1ccc2c(C(=O)N3CCS(=N)(=O)CC3)ccnc2c1. The van der Waals surface area contributed by atoms with E-state index in [1.54, 1.807) is 36.4 Å². The number of nitrogens with zero attached hydrogens (tertiary/aromatic N) is 2. The molecule has 1 N–H and O–H groups in total. The van der Waals surface area contributed by atoms with Crippen molar-refractivity contribution >= 4 is 26.5 Å². The summed E-state index contributed by atoms with van der Waals surface area (Å²) in [5, 5.41) is 0.769. The van der Waals surface area contributed by atoms with Crippen LogP contribution in [0.3, 0.4) is 0 Å². The third-order valence-electron chi connectivity index (χ3n) is 3.85. The molecule has 0 radical (unpaired) electrons. The summed E-state index contributed by atoms with van der Waals surface area (Å²) in [5.74, 6) is 1.08. The van der Waals surface area contributed by atoms with Gasteiger partial charge < -0.3 is 9.64 Å². The Kier molecular flexibility index (Phi) is 3.74. The summed E-state index contributed by atoms with van der Waals surface area (Å²) in [6.07, 6.45) is 1.60. The molecule has 1 aliphatic rings. The fourth-order valence-corrected chi connectivity index (χ4v) is 3.78. The number of methoxy groups -OCH3 is 1. The van der Waals surface area contributed by atoms with Crippen LogP contribution in [0.2, 0.25) is 0 Å². The van der Waals surface area contributed by atoms with Gasteiger partial charge in [-0.15, -0.1) is 0 Å². The van der Waals surface area contributed by atoms with E-state index in [1.165, 1.54) is 0 Å². The number of carbonyl (C=O) groups excluding carboxylic acids is 1. The first kappa shape index (κ1) is 14.8. The van der Waals surface area contributed by atoms with Gasteiger partial charge in [-0.25, -0.2) is 4.21 Å². The van der Waals surface area contributed by atoms with Gasteiger partial charge in [-0.1, -0.05) is 0 Å². The maximum Gasteiger partial charge on any atom is 0.254 e. The van der Waals surface area contributed by atoms with E-state index in [0.29, 0.717) is 29.9 Å². The molecule has 0 atom stereocenters. The van der Waals surface area contributed by atoms with Crippen molar-refractivity contribution in [3.8, 4) is 5.75 Å². The van der Waals surface area contributed by atoms with Crippen LogP contribution in [-0.4, -0.2) is 51.7 Å². The van der Waals surface area contributed by atoms with Crippen LogP contribution < -0.4 is 4.74 Å². The van der Waals surface area contributed by atoms with Gasteiger partial charge in [-0.05, 0) is 18.2 Å². The Morgan fingerprint density at radius 2 is 2.05 bits per heavy atom. The van der Waals surface area contributed by atoms with Crippen LogP contribution in [0.1, 0.15) is 10.4 Å². The molecular weight excluding hydrogens is 302 g/mol. The van der Waals surface area contributed by atoms with Crippen LogP contribution in [0.5, 0.6) is 5.75 Å². The van der Waals surface area contributed by atoms with Gasteiger partial charge in [0.15, 0.2) is 0 Å². The van der Waals surface area contributed by atoms with E-state index >= 15 is 0 Å². The molecule has 6 nitrogen and oxygen atoms in total. The molecule has 1 amide bonds. The molecule has 116 valence electrons. The van der Waals surface area contributed by atoms with Gasteiger partial charge >= 0.3 is 0 Å². The van der Waals surface area contributed by atoms with Crippen molar-refractivity contribution in [1.29, 1.82) is 4.78 Å². The third kappa shape index (κ3) is 2.76. The average Bonchev–Trinajstić information content (AvgIpc) is 2.53. The molecule has 1 aliphatic heterocycles. The lowest BCUT2D eigenvalue weighted by Crippen LogP contribution is -2.43. The van der Waals surface area contributed by atoms with Crippen molar-refractivity contribution in [3.05, 3.63) is 36.0 Å². The molecule has 3 rings (SSSR count). The van der Waals surface area contributed by atoms with E-state index in [1.807, 2.05) is 6.07 Å². The second kappa shape index (κ2) is 5.57. The van der Waals surface area contributed by atoms with Crippen molar-refractivity contribution in [2.75, 3.05) is 31.7 Å². The number of ether oxygens (including phenoxy) is 1. The molecule has 7 heteroatoms. The van der Waals surface area contributed by atoms with E-state index in [0.717, 1.165) is 5.39 Å². The van der Waals surface area contributed by atoms with Crippen LogP contribution in [-0.2, 0) is 9.73 Å². The maximum absolute atomic E-state index is 12.7. The Balaban J connectivity index is 1.94. The molecule has 2 heterocycles. The van der Waals surface area contributed by atoms with Crippen molar-refractivity contribution in [1.82, 2.24) is 9.88 Å². The molecule has 1 saturated heterocycles. The van der Waals surface area contributed by atoms with Crippen molar-refractivity contribution in [2.45, 2.75) is 0 Å². The highest BCUT2D eigenvalue weighted by molar-refractivity contribution is 7.92. The topological polar surface area (TPSA) is 83.4 Å². The summed E-state index contributed by atoms with van der Waals surface area (Å²) in [6.45, 7) is 0.724. The maximum atomic E-state index is 12.7. The van der Waals surface area contributed by atoms with Gasteiger partial charge in [-0.3, -0.25) is 14.6 Å². The smallest absolute Gasteiger partial charge is 0.254 e. The molecule has 0 bridgehead atoms. The summed E-state index contributed by atoms with van der Waals surface area (Å²) in [4.78, 5) is 18.6. The lowest BCUT2D eigenvalue weighted by Gasteiger charge is -2.28. The predicted octanol–water partition coefficient (Wildman–Crippen LogP) is 1.75. The van der Waals surface area contributed by atoms with E-state index in [-0.39, 0.29) is 17.4 Å². The van der Waals surface area contributed by atoms with Gasteiger partial charge in [0.2, 0.25) is 0 Å². The van der Waals surface area contributed by atoms with Crippen LogP contribution >= 0.6 is 0 Å². The molecule has 0 aliphatic carbocycles. The lowest BCUT2D eigenvalue weighted by atomic mass is 10.1. The number of rotatable bonds is 2. The summed E-state index contributed by atoms with van der Waals surface area (Å²) in [7, 11) is -0.920. The number of fused-ring (bicyclic) bond motifs is 1. The minimum absolute atomic E-state index is 0.104. The predicted molar refractivity (Wildman–Crippen MR) is 84.8 cm³/mol. The van der Waals surface area contributed by atoms with E-state index in [2.05, 4.69) is 4.98 Å². The van der Waals surface area contributed by atoms with Crippen LogP contribution in [0.15, 0.2) is 30.5 Å². The first-order valence-electron chi connectivity index (χ1n) is 6.96. The summed E-state index contributed by atoms with van der Waals surface area (Å²) < 4.78 is 24.5. The van der Waals surface area contributed by atoms with Gasteiger partial charge in [0, 0.05) is 52.0 Å². The van der Waals surface area contributed by atoms with Crippen molar-refractivity contribution in [2.24, 2.45) is 0 Å². The highest BCUT2D eigenvalue weighted by Gasteiger charge is 2.24. The van der Waals surface area contributed by atoms with Crippen LogP contribution in [0.25, 0.3) is 10.9 Å². The number of benzene rings is 1. The normalized spacial score (nSPS) is 17.4. The Morgan fingerprint density at radius 1 is 1.32 bits per heavy atom. The minimum atomic E-state index is -2.51. The Bertz CT molecular complexity index is 819. The number of nitrogens with one attached hydrogen (secondary N) is 1. The molecule has 0 unspecified atom stereocenters. The standard InChI is InChI=1S/C15H17N3O3S/c1-21-11-2-3-12-13(4-5-17-14(12)10-11)15(19)18-6-8-22(16,20)9-7-18/h2-5,10,16H,6-9H2,1H3. The van der Waals surface area contributed by atoms with Gasteiger partial charge in [0.25, 0.3) is 5.91 Å². The third-order valence-corrected chi connectivity index (χ3v) is 5.53. The van der Waals surface area contributed by atoms with E-state index < -0.39 is 9.73 Å². The van der Waals surface area contributed by atoms with Crippen LogP contribution in [0, 0.1) is 4.78 Å². The average molecular weight is 319 g/mol. The zero-order chi connectivity index (χ0) is 15.7. The number of aromatic nitrogens is 1. The summed E-state index contributed by atoms with van der Waals surface area (Å²) in [6, 6.07) is 7.11. The fourth-order valence-electron chi connectivity index (χ4n) is 2.54. The Morgan fingerprint density at radius 3 is 2.73 bits per heavy atom. The second-order valence-electron chi connectivity index (χ2n) is 5.25. The zero-order valence-corrected chi connectivity index (χ0v) is 13.1. The minimum Gasteiger partial charge on any atom is -0.497 e. The number of amides is 1. The second-order valence-corrected chi connectivity index (χ2v) is 7.69. The van der Waals surface area contributed by atoms with Crippen molar-refractivity contribution in [3.63, 3.8) is 0 Å². The zero-order valence-electron chi connectivity index (χ0n) is 12.2. The molecule has 1 fully saturated rings. The first-order chi connectivity index (χ1) is 10.5. The van der Waals surface area contributed by atoms with E-state index in [4.69, 9.17) is 9.52 Å². The molecule has 22 heavy (non-hydrogen) atoms. The molecular formula is C15H17N3O3S. The molecule has 2 aromatic rings. The fraction of sp³-hybridized carbons (Fsp3) is 0.333.